The maximum Gasteiger partial charge on any atom is 0.325 e. The third-order valence-corrected chi connectivity index (χ3v) is 5.37. The lowest BCUT2D eigenvalue weighted by Gasteiger charge is -2.41. The van der Waals surface area contributed by atoms with Gasteiger partial charge in [-0.25, -0.2) is 0 Å². The molecule has 2 saturated heterocycles. The van der Waals surface area contributed by atoms with Crippen LogP contribution in [-0.4, -0.2) is 80.5 Å². The smallest absolute Gasteiger partial charge is 0.325 e. The quantitative estimate of drug-likeness (QED) is 0.801. The molecule has 25 heavy (non-hydrogen) atoms. The zero-order chi connectivity index (χ0) is 18.0. The summed E-state index contributed by atoms with van der Waals surface area (Å²) >= 11 is 0. The van der Waals surface area contributed by atoms with Gasteiger partial charge in [-0.3, -0.25) is 14.3 Å². The first-order chi connectivity index (χ1) is 11.9. The van der Waals surface area contributed by atoms with E-state index in [1.807, 2.05) is 13.1 Å². The van der Waals surface area contributed by atoms with Crippen LogP contribution in [0.1, 0.15) is 37.3 Å². The average Bonchev–Trinajstić information content (AvgIpc) is 3.04. The van der Waals surface area contributed by atoms with Crippen molar-refractivity contribution < 1.29 is 19.8 Å². The molecule has 0 radical (unpaired) electrons. The standard InChI is InChI=1S/C17H26N4O4/c1-19-9-5-17(25,6-10-19)16(24)20-8-2-3-13(11-20)14-4-7-18-21(14)12-15(22)23/h4,7,13,25H,2-3,5-6,8-12H2,1H3,(H,22,23)/t13-/m1/s1. The zero-order valence-electron chi connectivity index (χ0n) is 14.6. The second kappa shape index (κ2) is 7.13. The highest BCUT2D eigenvalue weighted by Gasteiger charge is 2.42. The lowest BCUT2D eigenvalue weighted by molar-refractivity contribution is -0.157. The van der Waals surface area contributed by atoms with Crippen LogP contribution in [0.25, 0.3) is 0 Å². The van der Waals surface area contributed by atoms with Gasteiger partial charge in [-0.2, -0.15) is 5.10 Å². The number of nitrogens with zero attached hydrogens (tertiary/aromatic N) is 4. The minimum Gasteiger partial charge on any atom is -0.480 e. The van der Waals surface area contributed by atoms with Crippen LogP contribution in [0, 0.1) is 0 Å². The van der Waals surface area contributed by atoms with Gasteiger partial charge in [-0.1, -0.05) is 0 Å². The van der Waals surface area contributed by atoms with Crippen LogP contribution in [-0.2, 0) is 16.1 Å². The Bertz CT molecular complexity index is 636. The topological polar surface area (TPSA) is 98.9 Å². The Morgan fingerprint density at radius 2 is 2.04 bits per heavy atom. The van der Waals surface area contributed by atoms with Crippen LogP contribution in [0.4, 0.5) is 0 Å². The number of aromatic nitrogens is 2. The van der Waals surface area contributed by atoms with Crippen LogP contribution in [0.15, 0.2) is 12.3 Å². The van der Waals surface area contributed by atoms with Gasteiger partial charge in [0.25, 0.3) is 5.91 Å². The molecule has 3 rings (SSSR count). The van der Waals surface area contributed by atoms with Gasteiger partial charge in [0.05, 0.1) is 0 Å². The molecule has 0 aliphatic carbocycles. The fraction of sp³-hybridized carbons (Fsp3) is 0.706. The summed E-state index contributed by atoms with van der Waals surface area (Å²) in [6.07, 6.45) is 4.24. The summed E-state index contributed by atoms with van der Waals surface area (Å²) in [7, 11) is 1.99. The van der Waals surface area contributed by atoms with Crippen molar-refractivity contribution in [1.82, 2.24) is 19.6 Å². The predicted molar refractivity (Wildman–Crippen MR) is 90.1 cm³/mol. The Labute approximate surface area is 147 Å². The van der Waals surface area contributed by atoms with Crippen LogP contribution in [0.3, 0.4) is 0 Å². The van der Waals surface area contributed by atoms with Crippen LogP contribution < -0.4 is 0 Å². The number of aliphatic carboxylic acids is 1. The van der Waals surface area contributed by atoms with E-state index in [4.69, 9.17) is 5.11 Å². The lowest BCUT2D eigenvalue weighted by Crippen LogP contribution is -2.56. The Morgan fingerprint density at radius 1 is 1.32 bits per heavy atom. The summed E-state index contributed by atoms with van der Waals surface area (Å²) in [6, 6.07) is 1.83. The van der Waals surface area contributed by atoms with Gasteiger partial charge in [0.1, 0.15) is 12.1 Å². The second-order valence-corrected chi connectivity index (χ2v) is 7.23. The van der Waals surface area contributed by atoms with E-state index in [9.17, 15) is 14.7 Å². The second-order valence-electron chi connectivity index (χ2n) is 7.23. The largest absolute Gasteiger partial charge is 0.480 e. The highest BCUT2D eigenvalue weighted by molar-refractivity contribution is 5.85. The maximum atomic E-state index is 12.9. The molecule has 0 unspecified atom stereocenters. The van der Waals surface area contributed by atoms with Crippen molar-refractivity contribution >= 4 is 11.9 Å². The molecule has 0 spiro atoms. The lowest BCUT2D eigenvalue weighted by atomic mass is 9.87. The molecule has 1 aromatic heterocycles. The van der Waals surface area contributed by atoms with E-state index >= 15 is 0 Å². The van der Waals surface area contributed by atoms with Crippen molar-refractivity contribution in [2.45, 2.75) is 43.7 Å². The Balaban J connectivity index is 1.70. The van der Waals surface area contributed by atoms with Gasteiger partial charge in [0, 0.05) is 44.0 Å². The molecule has 138 valence electrons. The summed E-state index contributed by atoms with van der Waals surface area (Å²) in [4.78, 5) is 27.8. The van der Waals surface area contributed by atoms with E-state index in [-0.39, 0.29) is 18.4 Å². The van der Waals surface area contributed by atoms with E-state index in [0.29, 0.717) is 39.0 Å². The van der Waals surface area contributed by atoms with E-state index in [1.165, 1.54) is 4.68 Å². The molecular formula is C17H26N4O4. The average molecular weight is 350 g/mol. The normalized spacial score (nSPS) is 24.2. The Morgan fingerprint density at radius 3 is 2.72 bits per heavy atom. The molecule has 0 aromatic carbocycles. The number of carbonyl (C=O) groups is 2. The number of carboxylic acid groups (broad SMARTS) is 1. The molecular weight excluding hydrogens is 324 g/mol. The number of hydrogen-bond donors (Lipinski definition) is 2. The van der Waals surface area contributed by atoms with E-state index < -0.39 is 11.6 Å². The zero-order valence-corrected chi connectivity index (χ0v) is 14.6. The van der Waals surface area contributed by atoms with E-state index in [1.54, 1.807) is 11.1 Å². The van der Waals surface area contributed by atoms with Crippen molar-refractivity contribution in [2.75, 3.05) is 33.2 Å². The van der Waals surface area contributed by atoms with Crippen molar-refractivity contribution in [1.29, 1.82) is 0 Å². The molecule has 3 heterocycles. The number of piperidine rings is 2. The van der Waals surface area contributed by atoms with Crippen molar-refractivity contribution in [3.8, 4) is 0 Å². The summed E-state index contributed by atoms with van der Waals surface area (Å²) in [5, 5.41) is 23.9. The monoisotopic (exact) mass is 350 g/mol. The third-order valence-electron chi connectivity index (χ3n) is 5.37. The summed E-state index contributed by atoms with van der Waals surface area (Å²) in [5.41, 5.74) is -0.425. The van der Waals surface area contributed by atoms with E-state index in [0.717, 1.165) is 18.5 Å². The van der Waals surface area contributed by atoms with Crippen LogP contribution in [0.2, 0.25) is 0 Å². The number of hydrogen-bond acceptors (Lipinski definition) is 5. The number of amides is 1. The summed E-state index contributed by atoms with van der Waals surface area (Å²) < 4.78 is 1.49. The number of aliphatic hydroxyl groups is 1. The number of carboxylic acids is 1. The molecule has 1 atom stereocenters. The van der Waals surface area contributed by atoms with Crippen LogP contribution in [0.5, 0.6) is 0 Å². The van der Waals surface area contributed by atoms with Crippen molar-refractivity contribution in [2.24, 2.45) is 0 Å². The molecule has 2 aliphatic heterocycles. The highest BCUT2D eigenvalue weighted by atomic mass is 16.4. The van der Waals surface area contributed by atoms with Gasteiger partial charge in [-0.15, -0.1) is 0 Å². The van der Waals surface area contributed by atoms with Crippen LogP contribution >= 0.6 is 0 Å². The molecule has 0 bridgehead atoms. The molecule has 2 aliphatic rings. The van der Waals surface area contributed by atoms with Gasteiger partial charge in [-0.05, 0) is 38.8 Å². The van der Waals surface area contributed by atoms with Gasteiger partial charge in [0.15, 0.2) is 0 Å². The molecule has 1 amide bonds. The molecule has 0 saturated carbocycles. The third kappa shape index (κ3) is 3.85. The summed E-state index contributed by atoms with van der Waals surface area (Å²) in [5.74, 6) is -1.07. The number of carbonyl (C=O) groups excluding carboxylic acids is 1. The van der Waals surface area contributed by atoms with Crippen molar-refractivity contribution in [3.05, 3.63) is 18.0 Å². The number of rotatable bonds is 4. The first-order valence-corrected chi connectivity index (χ1v) is 8.83. The van der Waals surface area contributed by atoms with Gasteiger partial charge in [0.2, 0.25) is 0 Å². The van der Waals surface area contributed by atoms with Gasteiger partial charge >= 0.3 is 5.97 Å². The first kappa shape index (κ1) is 17.9. The Hall–Kier alpha value is -1.93. The maximum absolute atomic E-state index is 12.9. The van der Waals surface area contributed by atoms with E-state index in [2.05, 4.69) is 10.00 Å². The first-order valence-electron chi connectivity index (χ1n) is 8.83. The fourth-order valence-electron chi connectivity index (χ4n) is 3.85. The van der Waals surface area contributed by atoms with Crippen molar-refractivity contribution in [3.63, 3.8) is 0 Å². The fourth-order valence-corrected chi connectivity index (χ4v) is 3.85. The molecule has 2 N–H and O–H groups in total. The molecule has 1 aromatic rings. The minimum atomic E-state index is -1.27. The minimum absolute atomic E-state index is 0.0504. The molecule has 8 nitrogen and oxygen atoms in total. The predicted octanol–water partition coefficient (Wildman–Crippen LogP) is 0.130. The molecule has 2 fully saturated rings. The van der Waals surface area contributed by atoms with Gasteiger partial charge < -0.3 is 20.0 Å². The highest BCUT2D eigenvalue weighted by Crippen LogP contribution is 2.30. The SMILES string of the molecule is CN1CCC(O)(C(=O)N2CCC[C@@H](c3ccnn3CC(=O)O)C2)CC1. The summed E-state index contributed by atoms with van der Waals surface area (Å²) in [6.45, 7) is 2.39. The Kier molecular flexibility index (Phi) is 5.10. The number of likely N-dealkylation sites (tertiary alicyclic amines) is 2. The molecule has 8 heteroatoms.